The van der Waals surface area contributed by atoms with Gasteiger partial charge in [-0.05, 0) is 238 Å². The van der Waals surface area contributed by atoms with E-state index in [-0.39, 0.29) is 52.6 Å². The van der Waals surface area contributed by atoms with Crippen molar-refractivity contribution in [2.45, 2.75) is 120 Å². The number of nitrogens with zero attached hydrogens (tertiary/aromatic N) is 2. The zero-order valence-corrected chi connectivity index (χ0v) is 49.2. The van der Waals surface area contributed by atoms with Crippen molar-refractivity contribution < 1.29 is 17.6 Å². The van der Waals surface area contributed by atoms with E-state index in [4.69, 9.17) is 0 Å². The highest BCUT2D eigenvalue weighted by Gasteiger charge is 2.60. The van der Waals surface area contributed by atoms with Crippen molar-refractivity contribution in [1.82, 2.24) is 0 Å². The predicted molar refractivity (Wildman–Crippen MR) is 344 cm³/mol. The summed E-state index contributed by atoms with van der Waals surface area (Å²) in [6.45, 7) is 8.27. The van der Waals surface area contributed by atoms with Crippen LogP contribution in [0.2, 0.25) is 0 Å². The van der Waals surface area contributed by atoms with Gasteiger partial charge in [0.1, 0.15) is 17.8 Å². The van der Waals surface area contributed by atoms with Gasteiger partial charge in [0.05, 0.1) is 11.9 Å². The van der Waals surface area contributed by atoms with Crippen molar-refractivity contribution >= 4 is 44.6 Å². The van der Waals surface area contributed by atoms with Crippen LogP contribution in [-0.4, -0.2) is 12.2 Å². The third-order valence-corrected chi connectivity index (χ3v) is 23.0. The highest BCUT2D eigenvalue weighted by molar-refractivity contribution is 7.19. The van der Waals surface area contributed by atoms with Gasteiger partial charge in [0, 0.05) is 66.1 Å². The quantitative estimate of drug-likeness (QED) is 0.0907. The minimum Gasteiger partial charge on any atom is -0.338 e. The third kappa shape index (κ3) is 8.97. The molecule has 0 saturated carbocycles. The fraction of sp³-hybridized carbons (Fsp3) is 0.333. The fourth-order valence-corrected chi connectivity index (χ4v) is 19.3. The highest BCUT2D eigenvalue weighted by Crippen LogP contribution is 2.68. The molecule has 1 heterocycles. The second kappa shape index (κ2) is 21.9. The lowest BCUT2D eigenvalue weighted by atomic mass is 9.51. The molecule has 15 rings (SSSR count). The average molecular weight is 1150 g/mol. The first kappa shape index (κ1) is 54.4. The van der Waals surface area contributed by atoms with Gasteiger partial charge in [-0.15, -0.1) is 17.9 Å². The fourth-order valence-electron chi connectivity index (χ4n) is 18.1. The molecule has 0 amide bonds. The number of halogens is 4. The first-order valence-electron chi connectivity index (χ1n) is 31.6. The van der Waals surface area contributed by atoms with Crippen LogP contribution in [0.4, 0.5) is 34.6 Å². The third-order valence-electron chi connectivity index (χ3n) is 21.8. The van der Waals surface area contributed by atoms with E-state index >= 15 is 17.6 Å². The molecule has 430 valence electrons. The van der Waals surface area contributed by atoms with Crippen molar-refractivity contribution in [2.75, 3.05) is 9.80 Å². The number of allylic oxidation sites excluding steroid dienone is 21. The van der Waals surface area contributed by atoms with E-state index in [1.54, 1.807) is 29.8 Å². The first-order chi connectivity index (χ1) is 41.6. The maximum absolute atomic E-state index is 15.3. The molecule has 11 atom stereocenters. The van der Waals surface area contributed by atoms with Crippen LogP contribution in [0, 0.1) is 52.6 Å². The Morgan fingerprint density at radius 1 is 0.635 bits per heavy atom. The number of hydrogen-bond acceptors (Lipinski definition) is 3. The molecule has 0 fully saturated rings. The van der Waals surface area contributed by atoms with E-state index in [0.717, 1.165) is 99.0 Å². The number of anilines is 3. The minimum absolute atomic E-state index is 0.0253. The summed E-state index contributed by atoms with van der Waals surface area (Å²) in [7, 11) is 0. The molecule has 1 aromatic heterocycles. The lowest BCUT2D eigenvalue weighted by Gasteiger charge is -2.53. The van der Waals surface area contributed by atoms with Crippen LogP contribution in [0.5, 0.6) is 0 Å². The van der Waals surface area contributed by atoms with Crippen LogP contribution in [0.15, 0.2) is 235 Å². The molecule has 0 bridgehead atoms. The molecule has 0 N–H and O–H groups in total. The Hall–Kier alpha value is -7.22. The molecule has 11 unspecified atom stereocenters. The van der Waals surface area contributed by atoms with E-state index in [0.29, 0.717) is 43.4 Å². The Balaban J connectivity index is 0.848. The van der Waals surface area contributed by atoms with Gasteiger partial charge in [-0.2, -0.15) is 0 Å². The first-order valence-corrected chi connectivity index (χ1v) is 32.4. The largest absolute Gasteiger partial charge is 0.338 e. The van der Waals surface area contributed by atoms with Gasteiger partial charge in [-0.1, -0.05) is 128 Å². The van der Waals surface area contributed by atoms with E-state index in [9.17, 15) is 0 Å². The Kier molecular flexibility index (Phi) is 14.0. The van der Waals surface area contributed by atoms with Gasteiger partial charge >= 0.3 is 0 Å². The van der Waals surface area contributed by atoms with Gasteiger partial charge in [-0.25, -0.2) is 17.6 Å². The van der Waals surface area contributed by atoms with E-state index in [1.807, 2.05) is 53.8 Å². The van der Waals surface area contributed by atoms with Crippen molar-refractivity contribution in [3.05, 3.63) is 274 Å². The molecule has 5 aromatic rings. The normalized spacial score (nSPS) is 30.7. The second-order valence-electron chi connectivity index (χ2n) is 25.7. The number of alkyl halides is 1. The molecule has 0 radical (unpaired) electrons. The number of benzene rings is 4. The zero-order valence-electron chi connectivity index (χ0n) is 48.4. The topological polar surface area (TPSA) is 6.48 Å². The molecular weight excluding hydrogens is 1070 g/mol. The zero-order chi connectivity index (χ0) is 57.6. The van der Waals surface area contributed by atoms with E-state index in [1.165, 1.54) is 54.1 Å². The molecule has 10 aliphatic rings. The maximum atomic E-state index is 15.3. The van der Waals surface area contributed by atoms with Crippen LogP contribution < -0.4 is 9.80 Å². The van der Waals surface area contributed by atoms with Crippen LogP contribution in [-0.2, 0) is 11.8 Å². The summed E-state index contributed by atoms with van der Waals surface area (Å²) in [4.78, 5) is 6.29. The minimum atomic E-state index is -0.885. The molecule has 10 aliphatic carbocycles. The van der Waals surface area contributed by atoms with Crippen molar-refractivity contribution in [1.29, 1.82) is 0 Å². The molecule has 2 nitrogen and oxygen atoms in total. The van der Waals surface area contributed by atoms with E-state index < -0.39 is 11.6 Å². The Morgan fingerprint density at radius 2 is 1.41 bits per heavy atom. The number of aryl methyl sites for hydroxylation is 1. The summed E-state index contributed by atoms with van der Waals surface area (Å²) >= 11 is 1.88. The average Bonchev–Trinajstić information content (AvgIpc) is 1.91. The van der Waals surface area contributed by atoms with Gasteiger partial charge in [0.2, 0.25) is 0 Å². The Bertz CT molecular complexity index is 3890. The molecular formula is C78H74F4N2S. The lowest BCUT2D eigenvalue weighted by molar-refractivity contribution is 0.0438. The number of hydrogen-bond donors (Lipinski definition) is 0. The molecule has 0 spiro atoms. The van der Waals surface area contributed by atoms with Crippen LogP contribution in [0.3, 0.4) is 0 Å². The summed E-state index contributed by atoms with van der Waals surface area (Å²) in [6, 6.07) is 28.4. The summed E-state index contributed by atoms with van der Waals surface area (Å²) in [5.74, 6) is 1.49. The number of rotatable bonds is 12. The Morgan fingerprint density at radius 3 is 2.14 bits per heavy atom. The number of thiophene rings is 1. The lowest BCUT2D eigenvalue weighted by Crippen LogP contribution is -2.47. The molecule has 4 aromatic carbocycles. The van der Waals surface area contributed by atoms with Gasteiger partial charge in [-0.3, -0.25) is 0 Å². The summed E-state index contributed by atoms with van der Waals surface area (Å²) < 4.78 is 61.8. The maximum Gasteiger partial charge on any atom is 0.123 e. The molecule has 7 heteroatoms. The highest BCUT2D eigenvalue weighted by atomic mass is 32.1. The van der Waals surface area contributed by atoms with Crippen LogP contribution >= 0.6 is 11.3 Å². The SMILES string of the molecule is C=CC1=CCC(C2(C3CC=C(F)CC3)C3=C(C=CC(N(C4=Cc5c(sc6ccc(N(C7=CCC(F)CC7)c7ccc8c(c7)C(C7=CCC(C=C)C=C7)(c7ccc(F)cc7)C7CCC=CC87)cc56)CC4)c4ccc(F)cc4)C3)C3C=CCCC32)C=C1. The second-order valence-corrected chi connectivity index (χ2v) is 26.9. The van der Waals surface area contributed by atoms with Crippen LogP contribution in [0.25, 0.3) is 16.2 Å². The smallest absolute Gasteiger partial charge is 0.123 e. The van der Waals surface area contributed by atoms with Crippen molar-refractivity contribution in [2.24, 2.45) is 40.9 Å². The molecule has 0 aliphatic heterocycles. The van der Waals surface area contributed by atoms with E-state index in [2.05, 4.69) is 144 Å². The molecule has 85 heavy (non-hydrogen) atoms. The van der Waals surface area contributed by atoms with Crippen molar-refractivity contribution in [3.8, 4) is 0 Å². The number of fused-ring (bicyclic) bond motifs is 8. The molecule has 0 saturated heterocycles. The summed E-state index contributed by atoms with van der Waals surface area (Å²) in [5, 5.41) is 1.19. The predicted octanol–water partition coefficient (Wildman–Crippen LogP) is 21.1. The van der Waals surface area contributed by atoms with Gasteiger partial charge < -0.3 is 9.80 Å². The summed E-state index contributed by atoms with van der Waals surface area (Å²) in [6.07, 6.45) is 50.2. The van der Waals surface area contributed by atoms with Gasteiger partial charge in [0.15, 0.2) is 0 Å². The van der Waals surface area contributed by atoms with Gasteiger partial charge in [0.25, 0.3) is 0 Å². The van der Waals surface area contributed by atoms with Crippen molar-refractivity contribution in [3.63, 3.8) is 0 Å². The monoisotopic (exact) mass is 1150 g/mol. The van der Waals surface area contributed by atoms with Crippen LogP contribution in [0.1, 0.15) is 123 Å². The Labute approximate surface area is 503 Å². The summed E-state index contributed by atoms with van der Waals surface area (Å²) in [5.41, 5.74) is 15.0. The standard InChI is InChI=1S/C78H74F4N2S/c1-3-49-13-17-51(18-14-49)77(53-21-25-55(79)26-22-53)71-11-7-5-9-65(71)67-41-37-63(47-73(67)77)83(59-33-29-57(81)30-34-59)61-39-43-75-69(45-61)70-46-62(40-44-76(70)85-75)84(60-35-31-58(82)32-36-60)64-38-42-68-66-10-6-8-12-72(66)78(74(68)48-64,54-23-27-56(80)28-24-54)52-19-15-50(4-2)16-20-52/h3-6,9-10,13-15,17,19-20,23-25,27-30,33-35,37-38,40-42,44-46,48,50-51,53,58,63,65-66,71-72H,1-2,7-8,11-12,16,18,21-22,26,31-32,36,39,43,47H2.